The van der Waals surface area contributed by atoms with E-state index in [9.17, 15) is 9.46 Å². The van der Waals surface area contributed by atoms with Crippen molar-refractivity contribution in [2.45, 2.75) is 20.8 Å². The van der Waals surface area contributed by atoms with Crippen molar-refractivity contribution < 1.29 is 32.7 Å². The van der Waals surface area contributed by atoms with Gasteiger partial charge in [-0.05, 0) is 17.5 Å². The molecule has 1 unspecified atom stereocenters. The van der Waals surface area contributed by atoms with E-state index in [1.54, 1.807) is 37.4 Å². The van der Waals surface area contributed by atoms with Crippen molar-refractivity contribution in [1.29, 1.82) is 0 Å². The third kappa shape index (κ3) is 11.1. The Morgan fingerprint density at radius 3 is 2.19 bits per heavy atom. The zero-order valence-corrected chi connectivity index (χ0v) is 17.0. The van der Waals surface area contributed by atoms with E-state index in [1.807, 2.05) is 20.8 Å². The van der Waals surface area contributed by atoms with Crippen molar-refractivity contribution in [3.05, 3.63) is 41.9 Å². The Labute approximate surface area is 183 Å². The van der Waals surface area contributed by atoms with Gasteiger partial charge in [-0.25, -0.2) is 4.57 Å². The molecular formula is C17H31NNaO7P. The van der Waals surface area contributed by atoms with Gasteiger partial charge in [-0.1, -0.05) is 39.0 Å². The second-order valence-electron chi connectivity index (χ2n) is 6.23. The molecule has 1 rings (SSSR count). The molecule has 0 bridgehead atoms. The van der Waals surface area contributed by atoms with Crippen LogP contribution in [0.25, 0.3) is 0 Å². The topological polar surface area (TPSA) is 118 Å². The SMILES string of the molecule is COCCOCC(=C(OC)OP(=O)(O)Oc1ccccc1)C(C)(C)C.N.[NaH]. The Kier molecular flexibility index (Phi) is 14.4. The van der Waals surface area contributed by atoms with Gasteiger partial charge in [0.05, 0.1) is 26.9 Å². The summed E-state index contributed by atoms with van der Waals surface area (Å²) in [7, 11) is -1.48. The molecule has 0 aliphatic rings. The van der Waals surface area contributed by atoms with Crippen LogP contribution in [0.3, 0.4) is 0 Å². The van der Waals surface area contributed by atoms with E-state index in [2.05, 4.69) is 0 Å². The second kappa shape index (κ2) is 13.6. The summed E-state index contributed by atoms with van der Waals surface area (Å²) in [5.74, 6) is 0.129. The van der Waals surface area contributed by atoms with Crippen molar-refractivity contribution in [2.75, 3.05) is 34.0 Å². The summed E-state index contributed by atoms with van der Waals surface area (Å²) in [6, 6.07) is 8.26. The van der Waals surface area contributed by atoms with E-state index < -0.39 is 13.2 Å². The van der Waals surface area contributed by atoms with Gasteiger partial charge in [0.2, 0.25) is 0 Å². The first kappa shape index (κ1) is 28.6. The first-order valence-corrected chi connectivity index (χ1v) is 9.30. The molecule has 10 heteroatoms. The zero-order valence-electron chi connectivity index (χ0n) is 16.1. The molecular weight excluding hydrogens is 384 g/mol. The van der Waals surface area contributed by atoms with Crippen LogP contribution in [0.5, 0.6) is 5.75 Å². The van der Waals surface area contributed by atoms with Gasteiger partial charge in [0, 0.05) is 12.7 Å². The number of rotatable bonds is 10. The van der Waals surface area contributed by atoms with Crippen LogP contribution in [0.15, 0.2) is 41.9 Å². The molecule has 0 aliphatic carbocycles. The van der Waals surface area contributed by atoms with Crippen molar-refractivity contribution in [3.8, 4) is 5.75 Å². The van der Waals surface area contributed by atoms with Gasteiger partial charge in [0.25, 0.3) is 5.95 Å². The predicted octanol–water partition coefficient (Wildman–Crippen LogP) is 3.26. The summed E-state index contributed by atoms with van der Waals surface area (Å²) in [4.78, 5) is 10.0. The molecule has 0 spiro atoms. The standard InChI is InChI=1S/C17H27O7P.H3N.Na.H/c1-17(2,3)15(13-22-12-11-20-4)16(21-5)24-25(18,19)23-14-9-7-6-8-10-14;;;/h6-10H,11-13H2,1-5H3,(H,18,19);1H3;;. The molecule has 0 saturated heterocycles. The molecule has 152 valence electrons. The van der Waals surface area contributed by atoms with E-state index in [1.165, 1.54) is 7.11 Å². The third-order valence-electron chi connectivity index (χ3n) is 3.18. The molecule has 0 saturated carbocycles. The van der Waals surface area contributed by atoms with Gasteiger partial charge in [-0.2, -0.15) is 0 Å². The van der Waals surface area contributed by atoms with Gasteiger partial charge >= 0.3 is 37.4 Å². The fourth-order valence-corrected chi connectivity index (χ4v) is 2.67. The maximum atomic E-state index is 12.3. The van der Waals surface area contributed by atoms with Gasteiger partial charge in [-0.15, -0.1) is 0 Å². The molecule has 0 heterocycles. The van der Waals surface area contributed by atoms with E-state index in [4.69, 9.17) is 23.3 Å². The monoisotopic (exact) mass is 415 g/mol. The van der Waals surface area contributed by atoms with Gasteiger partial charge < -0.3 is 29.4 Å². The number of ether oxygens (including phenoxy) is 3. The van der Waals surface area contributed by atoms with Crippen LogP contribution in [-0.2, 0) is 23.3 Å². The average Bonchev–Trinajstić information content (AvgIpc) is 2.52. The summed E-state index contributed by atoms with van der Waals surface area (Å²) >= 11 is 0. The summed E-state index contributed by atoms with van der Waals surface area (Å²) in [6.07, 6.45) is 0. The Bertz CT molecular complexity index is 605. The predicted molar refractivity (Wildman–Crippen MR) is 106 cm³/mol. The fraction of sp³-hybridized carbons (Fsp3) is 0.529. The number of phosphoric ester groups is 1. The number of para-hydroxylation sites is 1. The number of benzene rings is 1. The zero-order chi connectivity index (χ0) is 18.9. The fourth-order valence-electron chi connectivity index (χ4n) is 1.85. The molecule has 27 heavy (non-hydrogen) atoms. The Morgan fingerprint density at radius 1 is 1.11 bits per heavy atom. The molecule has 8 nitrogen and oxygen atoms in total. The van der Waals surface area contributed by atoms with E-state index in [0.29, 0.717) is 18.8 Å². The van der Waals surface area contributed by atoms with Crippen molar-refractivity contribution >= 4 is 37.4 Å². The maximum absolute atomic E-state index is 12.3. The molecule has 0 aromatic heterocycles. The van der Waals surface area contributed by atoms with Crippen molar-refractivity contribution in [3.63, 3.8) is 0 Å². The minimum absolute atomic E-state index is 0. The molecule has 0 amide bonds. The Balaban J connectivity index is 0. The van der Waals surface area contributed by atoms with Crippen molar-refractivity contribution in [2.24, 2.45) is 5.41 Å². The average molecular weight is 415 g/mol. The first-order chi connectivity index (χ1) is 11.7. The quantitative estimate of drug-likeness (QED) is 0.259. The summed E-state index contributed by atoms with van der Waals surface area (Å²) in [5, 5.41) is 0. The molecule has 1 aromatic carbocycles. The van der Waals surface area contributed by atoms with Crippen LogP contribution in [-0.4, -0.2) is 68.5 Å². The van der Waals surface area contributed by atoms with Gasteiger partial charge in [-0.3, -0.25) is 4.89 Å². The Hall–Kier alpha value is -0.570. The van der Waals surface area contributed by atoms with Crippen LogP contribution in [0.1, 0.15) is 20.8 Å². The number of hydrogen-bond donors (Lipinski definition) is 2. The molecule has 4 N–H and O–H groups in total. The van der Waals surface area contributed by atoms with E-state index >= 15 is 0 Å². The summed E-state index contributed by atoms with van der Waals surface area (Å²) in [6.45, 7) is 6.75. The van der Waals surface area contributed by atoms with Gasteiger partial charge in [0.15, 0.2) is 0 Å². The van der Waals surface area contributed by atoms with Crippen LogP contribution in [0.2, 0.25) is 0 Å². The summed E-state index contributed by atoms with van der Waals surface area (Å²) in [5.41, 5.74) is 0.183. The van der Waals surface area contributed by atoms with Crippen LogP contribution in [0.4, 0.5) is 0 Å². The van der Waals surface area contributed by atoms with E-state index in [0.717, 1.165) is 0 Å². The van der Waals surface area contributed by atoms with Gasteiger partial charge in [0.1, 0.15) is 5.75 Å². The first-order valence-electron chi connectivity index (χ1n) is 7.81. The van der Waals surface area contributed by atoms with Crippen LogP contribution >= 0.6 is 7.82 Å². The summed E-state index contributed by atoms with van der Waals surface area (Å²) < 4.78 is 38.2. The van der Waals surface area contributed by atoms with Crippen LogP contribution < -0.4 is 10.7 Å². The number of methoxy groups -OCH3 is 2. The van der Waals surface area contributed by atoms with Crippen molar-refractivity contribution in [1.82, 2.24) is 6.15 Å². The Morgan fingerprint density at radius 2 is 1.70 bits per heavy atom. The number of phosphoric acid groups is 1. The normalized spacial score (nSPS) is 14.0. The van der Waals surface area contributed by atoms with E-state index in [-0.39, 0.29) is 54.0 Å². The molecule has 0 aliphatic heterocycles. The molecule has 1 atom stereocenters. The molecule has 0 radical (unpaired) electrons. The molecule has 0 fully saturated rings. The molecule has 1 aromatic rings. The third-order valence-corrected chi connectivity index (χ3v) is 4.02. The van der Waals surface area contributed by atoms with Crippen LogP contribution in [0, 0.1) is 5.41 Å². The minimum atomic E-state index is -4.42. The second-order valence-corrected chi connectivity index (χ2v) is 7.53. The number of hydrogen-bond acceptors (Lipinski definition) is 7.